The average molecular weight is 467 g/mol. The zero-order valence-corrected chi connectivity index (χ0v) is 20.0. The summed E-state index contributed by atoms with van der Waals surface area (Å²) < 4.78 is 0. The summed E-state index contributed by atoms with van der Waals surface area (Å²) in [4.78, 5) is 36.8. The van der Waals surface area contributed by atoms with Crippen molar-refractivity contribution in [3.8, 4) is 0 Å². The van der Waals surface area contributed by atoms with Crippen LogP contribution in [0.5, 0.6) is 0 Å². The van der Waals surface area contributed by atoms with Crippen molar-refractivity contribution in [3.63, 3.8) is 0 Å². The number of carbonyl (C=O) groups excluding carboxylic acids is 2. The minimum Gasteiger partial charge on any atom is -0.309 e. The Labute approximate surface area is 200 Å². The Hall–Kier alpha value is -2.70. The highest BCUT2D eigenvalue weighted by Crippen LogP contribution is 2.38. The molecular formula is C26H31ClN4O2. The van der Waals surface area contributed by atoms with Crippen LogP contribution in [0.3, 0.4) is 0 Å². The van der Waals surface area contributed by atoms with Gasteiger partial charge in [-0.15, -0.1) is 0 Å². The van der Waals surface area contributed by atoms with E-state index in [0.717, 1.165) is 16.3 Å². The molecule has 0 radical (unpaired) electrons. The number of imide groups is 1. The molecule has 2 saturated heterocycles. The predicted octanol–water partition coefficient (Wildman–Crippen LogP) is 4.62. The van der Waals surface area contributed by atoms with Gasteiger partial charge in [0.05, 0.1) is 12.2 Å². The molecule has 0 unspecified atom stereocenters. The molecule has 4 rings (SSSR count). The van der Waals surface area contributed by atoms with E-state index in [0.29, 0.717) is 39.0 Å². The monoisotopic (exact) mass is 466 g/mol. The number of piperidine rings is 1. The number of aromatic nitrogens is 1. The second-order valence-corrected chi connectivity index (χ2v) is 9.79. The van der Waals surface area contributed by atoms with Crippen molar-refractivity contribution in [2.75, 3.05) is 26.2 Å². The molecule has 0 aliphatic carbocycles. The van der Waals surface area contributed by atoms with Crippen molar-refractivity contribution in [1.82, 2.24) is 19.7 Å². The quantitative estimate of drug-likeness (QED) is 0.559. The summed E-state index contributed by atoms with van der Waals surface area (Å²) in [5.41, 5.74) is 1.01. The zero-order valence-electron chi connectivity index (χ0n) is 19.3. The number of hydrogen-bond donors (Lipinski definition) is 0. The first-order valence-electron chi connectivity index (χ1n) is 11.6. The number of pyridine rings is 1. The van der Waals surface area contributed by atoms with Crippen molar-refractivity contribution in [1.29, 1.82) is 0 Å². The van der Waals surface area contributed by atoms with Crippen molar-refractivity contribution in [3.05, 3.63) is 71.0 Å². The third-order valence-corrected chi connectivity index (χ3v) is 6.63. The maximum atomic E-state index is 13.6. The summed E-state index contributed by atoms with van der Waals surface area (Å²) in [5.74, 6) is 0.180. The summed E-state index contributed by atoms with van der Waals surface area (Å²) in [6, 6.07) is 15.4. The Kier molecular flexibility index (Phi) is 7.15. The summed E-state index contributed by atoms with van der Waals surface area (Å²) >= 11 is 6.54. The summed E-state index contributed by atoms with van der Waals surface area (Å²) in [6.07, 6.45) is 4.89. The summed E-state index contributed by atoms with van der Waals surface area (Å²) in [6.45, 7) is 7.00. The minimum absolute atomic E-state index is 0.0932. The number of nitrogens with zero attached hydrogens (tertiary/aromatic N) is 4. The fourth-order valence-corrected chi connectivity index (χ4v) is 5.04. The molecule has 1 aromatic carbocycles. The van der Waals surface area contributed by atoms with Gasteiger partial charge in [-0.3, -0.25) is 19.6 Å². The van der Waals surface area contributed by atoms with E-state index in [1.54, 1.807) is 6.20 Å². The summed E-state index contributed by atoms with van der Waals surface area (Å²) in [7, 11) is 0. The molecule has 2 aliphatic heterocycles. The first-order valence-corrected chi connectivity index (χ1v) is 11.9. The van der Waals surface area contributed by atoms with E-state index in [4.69, 9.17) is 11.6 Å². The lowest BCUT2D eigenvalue weighted by atomic mass is 9.85. The number of halogens is 1. The number of urea groups is 1. The lowest BCUT2D eigenvalue weighted by Gasteiger charge is -2.42. The number of rotatable bonds is 7. The maximum absolute atomic E-state index is 13.6. The normalized spacial score (nSPS) is 19.2. The van der Waals surface area contributed by atoms with E-state index in [-0.39, 0.29) is 24.4 Å². The van der Waals surface area contributed by atoms with Gasteiger partial charge in [-0.2, -0.15) is 0 Å². The fraction of sp³-hybridized carbons (Fsp3) is 0.423. The SMILES string of the molecule is CC(C)CN1C(=O)N(Cc2ccccn2)C(=O)C12CCN(C/C(Cl)=C/c1ccccc1)CC2. The first-order chi connectivity index (χ1) is 15.9. The number of amides is 3. The highest BCUT2D eigenvalue weighted by Gasteiger charge is 2.57. The zero-order chi connectivity index (χ0) is 23.4. The smallest absolute Gasteiger partial charge is 0.309 e. The van der Waals surface area contributed by atoms with Gasteiger partial charge in [0.25, 0.3) is 5.91 Å². The molecule has 3 amide bonds. The Balaban J connectivity index is 1.48. The molecule has 2 aliphatic rings. The van der Waals surface area contributed by atoms with E-state index < -0.39 is 5.54 Å². The van der Waals surface area contributed by atoms with Crippen LogP contribution in [-0.2, 0) is 11.3 Å². The van der Waals surface area contributed by atoms with Gasteiger partial charge in [-0.1, -0.05) is 61.8 Å². The molecule has 0 saturated carbocycles. The predicted molar refractivity (Wildman–Crippen MR) is 130 cm³/mol. The maximum Gasteiger partial charge on any atom is 0.328 e. The van der Waals surface area contributed by atoms with Gasteiger partial charge < -0.3 is 4.90 Å². The lowest BCUT2D eigenvalue weighted by molar-refractivity contribution is -0.136. The highest BCUT2D eigenvalue weighted by atomic mass is 35.5. The molecule has 0 N–H and O–H groups in total. The molecule has 0 bridgehead atoms. The van der Waals surface area contributed by atoms with E-state index in [1.807, 2.05) is 59.5 Å². The standard InChI is InChI=1S/C26H31ClN4O2/c1-20(2)17-31-25(33)30(19-23-10-6-7-13-28-23)24(32)26(31)11-14-29(15-12-26)18-22(27)16-21-8-4-3-5-9-21/h3-10,13,16,20H,11-12,14-15,17-19H2,1-2H3/b22-16-. The Morgan fingerprint density at radius 1 is 1.09 bits per heavy atom. The van der Waals surface area contributed by atoms with Gasteiger partial charge in [0, 0.05) is 37.4 Å². The van der Waals surface area contributed by atoms with Crippen LogP contribution in [0.1, 0.15) is 37.9 Å². The van der Waals surface area contributed by atoms with Gasteiger partial charge in [0.2, 0.25) is 0 Å². The van der Waals surface area contributed by atoms with E-state index in [1.165, 1.54) is 4.90 Å². The average Bonchev–Trinajstić information content (AvgIpc) is 2.98. The second kappa shape index (κ2) is 10.1. The van der Waals surface area contributed by atoms with Crippen LogP contribution in [0, 0.1) is 5.92 Å². The third-order valence-electron chi connectivity index (χ3n) is 6.40. The minimum atomic E-state index is -0.776. The van der Waals surface area contributed by atoms with Crippen LogP contribution in [0.4, 0.5) is 4.79 Å². The number of benzene rings is 1. The molecule has 2 aromatic rings. The number of carbonyl (C=O) groups is 2. The van der Waals surface area contributed by atoms with E-state index >= 15 is 0 Å². The molecule has 2 fully saturated rings. The number of likely N-dealkylation sites (tertiary alicyclic amines) is 1. The first kappa shape index (κ1) is 23.5. The Morgan fingerprint density at radius 2 is 1.79 bits per heavy atom. The molecule has 33 heavy (non-hydrogen) atoms. The van der Waals surface area contributed by atoms with Crippen molar-refractivity contribution >= 4 is 29.6 Å². The third kappa shape index (κ3) is 5.12. The van der Waals surface area contributed by atoms with Crippen LogP contribution in [0.15, 0.2) is 59.8 Å². The second-order valence-electron chi connectivity index (χ2n) is 9.31. The van der Waals surface area contributed by atoms with Crippen LogP contribution >= 0.6 is 11.6 Å². The van der Waals surface area contributed by atoms with E-state index in [2.05, 4.69) is 23.7 Å². The Morgan fingerprint density at radius 3 is 2.42 bits per heavy atom. The molecule has 1 spiro atoms. The van der Waals surface area contributed by atoms with Crippen molar-refractivity contribution in [2.45, 2.75) is 38.8 Å². The fourth-order valence-electron chi connectivity index (χ4n) is 4.75. The molecule has 7 heteroatoms. The van der Waals surface area contributed by atoms with Crippen molar-refractivity contribution < 1.29 is 9.59 Å². The van der Waals surface area contributed by atoms with Gasteiger partial charge >= 0.3 is 6.03 Å². The molecule has 3 heterocycles. The summed E-state index contributed by atoms with van der Waals surface area (Å²) in [5, 5.41) is 0.766. The molecule has 0 atom stereocenters. The number of hydrogen-bond acceptors (Lipinski definition) is 4. The Bertz CT molecular complexity index is 1000. The van der Waals surface area contributed by atoms with Gasteiger partial charge in [0.15, 0.2) is 0 Å². The van der Waals surface area contributed by atoms with Gasteiger partial charge in [-0.25, -0.2) is 4.79 Å². The molecular weight excluding hydrogens is 436 g/mol. The van der Waals surface area contributed by atoms with Gasteiger partial charge in [-0.05, 0) is 42.5 Å². The largest absolute Gasteiger partial charge is 0.328 e. The van der Waals surface area contributed by atoms with Crippen LogP contribution < -0.4 is 0 Å². The molecule has 6 nitrogen and oxygen atoms in total. The van der Waals surface area contributed by atoms with Crippen LogP contribution in [0.25, 0.3) is 6.08 Å². The molecule has 174 valence electrons. The lowest BCUT2D eigenvalue weighted by Crippen LogP contribution is -2.57. The van der Waals surface area contributed by atoms with Crippen molar-refractivity contribution in [2.24, 2.45) is 5.92 Å². The van der Waals surface area contributed by atoms with Gasteiger partial charge in [0.1, 0.15) is 5.54 Å². The topological polar surface area (TPSA) is 56.8 Å². The van der Waals surface area contributed by atoms with Crippen LogP contribution in [0.2, 0.25) is 0 Å². The highest BCUT2D eigenvalue weighted by molar-refractivity contribution is 6.31. The van der Waals surface area contributed by atoms with E-state index in [9.17, 15) is 9.59 Å². The molecule has 1 aromatic heterocycles. The van der Waals surface area contributed by atoms with Crippen LogP contribution in [-0.4, -0.2) is 63.3 Å².